The Morgan fingerprint density at radius 2 is 1.16 bits per heavy atom. The summed E-state index contributed by atoms with van der Waals surface area (Å²) in [6.45, 7) is 0. The number of benzene rings is 2. The van der Waals surface area contributed by atoms with Gasteiger partial charge in [-0.1, -0.05) is 24.3 Å². The van der Waals surface area contributed by atoms with Crippen LogP contribution in [0.2, 0.25) is 0 Å². The molecule has 0 atom stereocenters. The molecule has 2 aliphatic carbocycles. The summed E-state index contributed by atoms with van der Waals surface area (Å²) in [7, 11) is 0. The molecule has 0 saturated heterocycles. The summed E-state index contributed by atoms with van der Waals surface area (Å²) in [4.78, 5) is 23.8. The van der Waals surface area contributed by atoms with Gasteiger partial charge in [-0.2, -0.15) is 10.2 Å². The minimum absolute atomic E-state index is 0.202. The van der Waals surface area contributed by atoms with Gasteiger partial charge in [-0.3, -0.25) is 9.59 Å². The van der Waals surface area contributed by atoms with Crippen molar-refractivity contribution in [3.05, 3.63) is 69.8 Å². The molecule has 0 aromatic heterocycles. The molecule has 2 aromatic rings. The average Bonchev–Trinajstić information content (AvgIpc) is 3.42. The smallest absolute Gasteiger partial charge is 0.240 e. The molecule has 6 nitrogen and oxygen atoms in total. The first-order valence-electron chi connectivity index (χ1n) is 11.0. The van der Waals surface area contributed by atoms with Crippen molar-refractivity contribution in [2.75, 3.05) is 0 Å². The average molecular weight is 417 g/mol. The first-order chi connectivity index (χ1) is 15.2. The molecular weight excluding hydrogens is 388 g/mol. The van der Waals surface area contributed by atoms with Gasteiger partial charge in [-0.05, 0) is 90.5 Å². The topological polar surface area (TPSA) is 82.9 Å². The predicted molar refractivity (Wildman–Crippen MR) is 122 cm³/mol. The van der Waals surface area contributed by atoms with Crippen LogP contribution >= 0.6 is 0 Å². The second-order valence-corrected chi connectivity index (χ2v) is 8.20. The van der Waals surface area contributed by atoms with Crippen LogP contribution < -0.4 is 10.9 Å². The molecule has 0 aliphatic heterocycles. The second-order valence-electron chi connectivity index (χ2n) is 8.20. The monoisotopic (exact) mass is 416 g/mol. The highest BCUT2D eigenvalue weighted by atomic mass is 16.2. The highest BCUT2D eigenvalue weighted by molar-refractivity contribution is 5.84. The summed E-state index contributed by atoms with van der Waals surface area (Å²) in [6.07, 6.45) is 11.2. The number of aryl methyl sites for hydroxylation is 4. The molecule has 2 aliphatic rings. The molecule has 31 heavy (non-hydrogen) atoms. The van der Waals surface area contributed by atoms with E-state index in [1.165, 1.54) is 35.1 Å². The molecule has 0 fully saturated rings. The van der Waals surface area contributed by atoms with Gasteiger partial charge in [0.15, 0.2) is 0 Å². The van der Waals surface area contributed by atoms with E-state index >= 15 is 0 Å². The zero-order valence-corrected chi connectivity index (χ0v) is 17.7. The molecule has 2 aromatic carbocycles. The molecule has 0 saturated carbocycles. The largest absolute Gasteiger partial charge is 0.273 e. The summed E-state index contributed by atoms with van der Waals surface area (Å²) in [6, 6.07) is 12.6. The lowest BCUT2D eigenvalue weighted by atomic mass is 10.1. The number of nitrogens with one attached hydrogen (secondary N) is 2. The Balaban J connectivity index is 1.13. The van der Waals surface area contributed by atoms with Gasteiger partial charge in [-0.15, -0.1) is 0 Å². The first-order valence-corrected chi connectivity index (χ1v) is 11.0. The molecule has 2 amide bonds. The van der Waals surface area contributed by atoms with Crippen LogP contribution in [0.3, 0.4) is 0 Å². The van der Waals surface area contributed by atoms with E-state index in [0.717, 1.165) is 36.8 Å². The van der Waals surface area contributed by atoms with E-state index in [2.05, 4.69) is 45.3 Å². The van der Waals surface area contributed by atoms with Crippen LogP contribution in [-0.2, 0) is 35.3 Å². The number of amides is 2. The Hall–Kier alpha value is -3.28. The highest BCUT2D eigenvalue weighted by Gasteiger charge is 2.11. The van der Waals surface area contributed by atoms with Gasteiger partial charge < -0.3 is 0 Å². The third-order valence-corrected chi connectivity index (χ3v) is 5.86. The van der Waals surface area contributed by atoms with Crippen LogP contribution in [0.1, 0.15) is 65.5 Å². The first kappa shape index (κ1) is 21.0. The minimum Gasteiger partial charge on any atom is -0.273 e. The number of hydrogen-bond acceptors (Lipinski definition) is 4. The number of hydrazone groups is 2. The van der Waals surface area contributed by atoms with Gasteiger partial charge in [0, 0.05) is 12.8 Å². The zero-order valence-electron chi connectivity index (χ0n) is 17.7. The van der Waals surface area contributed by atoms with Gasteiger partial charge in [0.25, 0.3) is 0 Å². The molecule has 2 N–H and O–H groups in total. The number of carbonyl (C=O) groups is 2. The molecule has 0 spiro atoms. The van der Waals surface area contributed by atoms with Crippen molar-refractivity contribution < 1.29 is 9.59 Å². The van der Waals surface area contributed by atoms with Crippen molar-refractivity contribution in [2.24, 2.45) is 10.2 Å². The molecule has 0 bridgehead atoms. The van der Waals surface area contributed by atoms with E-state index in [9.17, 15) is 9.59 Å². The molecular formula is C25H28N4O2. The Bertz CT molecular complexity index is 945. The number of rotatable bonds is 8. The lowest BCUT2D eigenvalue weighted by molar-refractivity contribution is -0.122. The van der Waals surface area contributed by atoms with Crippen LogP contribution in [-0.4, -0.2) is 24.2 Å². The number of fused-ring (bicyclic) bond motifs is 2. The van der Waals surface area contributed by atoms with Crippen molar-refractivity contribution in [2.45, 2.75) is 57.8 Å². The van der Waals surface area contributed by atoms with E-state index in [0.29, 0.717) is 6.42 Å². The van der Waals surface area contributed by atoms with Crippen LogP contribution in [0.4, 0.5) is 0 Å². The van der Waals surface area contributed by atoms with Gasteiger partial charge >= 0.3 is 0 Å². The minimum atomic E-state index is -0.202. The van der Waals surface area contributed by atoms with E-state index in [1.807, 2.05) is 12.1 Å². The Morgan fingerprint density at radius 3 is 1.65 bits per heavy atom. The fourth-order valence-corrected chi connectivity index (χ4v) is 4.22. The van der Waals surface area contributed by atoms with E-state index in [1.54, 1.807) is 12.4 Å². The summed E-state index contributed by atoms with van der Waals surface area (Å²) < 4.78 is 0. The van der Waals surface area contributed by atoms with Crippen LogP contribution in [0.25, 0.3) is 0 Å². The van der Waals surface area contributed by atoms with Crippen molar-refractivity contribution in [3.63, 3.8) is 0 Å². The number of nitrogens with zero attached hydrogens (tertiary/aromatic N) is 2. The highest BCUT2D eigenvalue weighted by Crippen LogP contribution is 2.23. The quantitative estimate of drug-likeness (QED) is 0.510. The SMILES string of the molecule is O=C(CCCC(=O)N/N=C/c1ccc2c(c1)CCC2)N/N=C\c1ccc2c(c1)CCC2. The van der Waals surface area contributed by atoms with Gasteiger partial charge in [0.05, 0.1) is 12.4 Å². The lowest BCUT2D eigenvalue weighted by Crippen LogP contribution is -2.20. The number of hydrogen-bond donors (Lipinski definition) is 2. The van der Waals surface area contributed by atoms with E-state index in [4.69, 9.17) is 0 Å². The van der Waals surface area contributed by atoms with Gasteiger partial charge in [0.1, 0.15) is 0 Å². The van der Waals surface area contributed by atoms with E-state index < -0.39 is 0 Å². The standard InChI is InChI=1S/C25H28N4O2/c30-24(28-26-16-18-10-12-20-4-1-6-22(20)14-18)8-3-9-25(31)29-27-17-19-11-13-21-5-2-7-23(21)15-19/h10-17H,1-9H2,(H,28,30)(H,29,31)/b26-16-,27-17+. The number of carbonyl (C=O) groups excluding carboxylic acids is 2. The maximum Gasteiger partial charge on any atom is 0.240 e. The normalized spacial score (nSPS) is 14.7. The summed E-state index contributed by atoms with van der Waals surface area (Å²) >= 11 is 0. The predicted octanol–water partition coefficient (Wildman–Crippen LogP) is 3.43. The Morgan fingerprint density at radius 1 is 0.710 bits per heavy atom. The molecule has 4 rings (SSSR count). The second kappa shape index (κ2) is 10.2. The molecule has 0 unspecified atom stereocenters. The summed E-state index contributed by atoms with van der Waals surface area (Å²) in [5.41, 5.74) is 12.6. The zero-order chi connectivity index (χ0) is 21.5. The summed E-state index contributed by atoms with van der Waals surface area (Å²) in [5, 5.41) is 8.05. The third kappa shape index (κ3) is 5.87. The van der Waals surface area contributed by atoms with Crippen LogP contribution in [0.5, 0.6) is 0 Å². The fraction of sp³-hybridized carbons (Fsp3) is 0.360. The van der Waals surface area contributed by atoms with E-state index in [-0.39, 0.29) is 24.7 Å². The van der Waals surface area contributed by atoms with Crippen molar-refractivity contribution in [3.8, 4) is 0 Å². The Kier molecular flexibility index (Phi) is 6.87. The maximum atomic E-state index is 11.9. The van der Waals surface area contributed by atoms with Crippen molar-refractivity contribution >= 4 is 24.2 Å². The molecule has 0 radical (unpaired) electrons. The Labute approximate surface area is 182 Å². The maximum absolute atomic E-state index is 11.9. The lowest BCUT2D eigenvalue weighted by Gasteiger charge is -2.02. The van der Waals surface area contributed by atoms with Crippen LogP contribution in [0, 0.1) is 0 Å². The third-order valence-electron chi connectivity index (χ3n) is 5.86. The molecule has 0 heterocycles. The molecule has 160 valence electrons. The van der Waals surface area contributed by atoms with Gasteiger partial charge in [-0.25, -0.2) is 10.9 Å². The van der Waals surface area contributed by atoms with Crippen molar-refractivity contribution in [1.82, 2.24) is 10.9 Å². The molecule has 6 heteroatoms. The summed E-state index contributed by atoms with van der Waals surface area (Å²) in [5.74, 6) is -0.404. The van der Waals surface area contributed by atoms with Crippen LogP contribution in [0.15, 0.2) is 46.6 Å². The fourth-order valence-electron chi connectivity index (χ4n) is 4.22. The van der Waals surface area contributed by atoms with Crippen molar-refractivity contribution in [1.29, 1.82) is 0 Å². The van der Waals surface area contributed by atoms with Gasteiger partial charge in [0.2, 0.25) is 11.8 Å².